The molecule has 0 saturated heterocycles. The van der Waals surface area contributed by atoms with Gasteiger partial charge in [-0.15, -0.1) is 0 Å². The van der Waals surface area contributed by atoms with Crippen molar-refractivity contribution in [2.45, 2.75) is 4.83 Å². The molecule has 1 atom stereocenters. The van der Waals surface area contributed by atoms with Crippen LogP contribution in [0, 0.1) is 10.1 Å². The van der Waals surface area contributed by atoms with Gasteiger partial charge in [-0.05, 0) is 6.07 Å². The van der Waals surface area contributed by atoms with Crippen LogP contribution in [0.5, 0.6) is 11.5 Å². The molecule has 7 nitrogen and oxygen atoms in total. The molecule has 0 heterocycles. The molecule has 104 valence electrons. The Balaban J connectivity index is 2.86. The molecule has 1 rings (SSSR count). The lowest BCUT2D eigenvalue weighted by Crippen LogP contribution is -2.23. The van der Waals surface area contributed by atoms with Gasteiger partial charge in [-0.1, -0.05) is 15.9 Å². The zero-order chi connectivity index (χ0) is 14.4. The monoisotopic (exact) mass is 333 g/mol. The van der Waals surface area contributed by atoms with E-state index < -0.39 is 15.7 Å². The third kappa shape index (κ3) is 4.09. The summed E-state index contributed by atoms with van der Waals surface area (Å²) in [5, 5.41) is 10.8. The molecule has 0 aliphatic rings. The molecule has 19 heavy (non-hydrogen) atoms. The number of methoxy groups -OCH3 is 2. The first-order valence-corrected chi connectivity index (χ1v) is 6.08. The summed E-state index contributed by atoms with van der Waals surface area (Å²) in [5.74, 6) is -0.0759. The Kier molecular flexibility index (Phi) is 5.56. The van der Waals surface area contributed by atoms with Crippen LogP contribution in [-0.2, 0) is 9.53 Å². The van der Waals surface area contributed by atoms with Gasteiger partial charge in [-0.25, -0.2) is 0 Å². The molecule has 0 aromatic heterocycles. The van der Waals surface area contributed by atoms with Crippen LogP contribution in [-0.4, -0.2) is 36.5 Å². The maximum Gasteiger partial charge on any atom is 0.322 e. The van der Waals surface area contributed by atoms with E-state index in [1.807, 2.05) is 0 Å². The number of nitrogens with zero attached hydrogens (tertiary/aromatic N) is 1. The van der Waals surface area contributed by atoms with Crippen LogP contribution in [0.15, 0.2) is 18.2 Å². The summed E-state index contributed by atoms with van der Waals surface area (Å²) in [6, 6.07) is 4.11. The maximum atomic E-state index is 11.2. The van der Waals surface area contributed by atoms with Gasteiger partial charge in [0.25, 0.3) is 0 Å². The second-order valence-corrected chi connectivity index (χ2v) is 4.50. The van der Waals surface area contributed by atoms with Gasteiger partial charge in [0.2, 0.25) is 5.75 Å². The Morgan fingerprint density at radius 3 is 2.68 bits per heavy atom. The standard InChI is InChI=1S/C11H12BrNO6/c1-17-7-3-4-9(13(15)16)10(5-7)19-6-8(12)11(14)18-2/h3-5,8H,6H2,1-2H3. The van der Waals surface area contributed by atoms with Gasteiger partial charge in [0.05, 0.1) is 19.1 Å². The number of alkyl halides is 1. The highest BCUT2D eigenvalue weighted by atomic mass is 79.9. The summed E-state index contributed by atoms with van der Waals surface area (Å²) in [4.78, 5) is 20.7. The van der Waals surface area contributed by atoms with Crippen LogP contribution < -0.4 is 9.47 Å². The van der Waals surface area contributed by atoms with E-state index in [4.69, 9.17) is 9.47 Å². The Morgan fingerprint density at radius 2 is 2.16 bits per heavy atom. The molecule has 8 heteroatoms. The minimum absolute atomic E-state index is 0.0257. The summed E-state index contributed by atoms with van der Waals surface area (Å²) in [5.41, 5.74) is -0.203. The molecule has 0 N–H and O–H groups in total. The smallest absolute Gasteiger partial charge is 0.322 e. The molecule has 0 saturated carbocycles. The van der Waals surface area contributed by atoms with Crippen LogP contribution >= 0.6 is 15.9 Å². The van der Waals surface area contributed by atoms with Crippen molar-refractivity contribution >= 4 is 27.6 Å². The van der Waals surface area contributed by atoms with E-state index in [1.54, 1.807) is 0 Å². The molecule has 0 fully saturated rings. The normalized spacial score (nSPS) is 11.5. The third-order valence-electron chi connectivity index (χ3n) is 2.21. The second kappa shape index (κ2) is 6.93. The van der Waals surface area contributed by atoms with Gasteiger partial charge in [0, 0.05) is 12.1 Å². The van der Waals surface area contributed by atoms with Crippen molar-refractivity contribution in [3.8, 4) is 11.5 Å². The lowest BCUT2D eigenvalue weighted by Gasteiger charge is -2.11. The molecule has 1 unspecified atom stereocenters. The summed E-state index contributed by atoms with van der Waals surface area (Å²) in [6.45, 7) is -0.0965. The number of hydrogen-bond acceptors (Lipinski definition) is 6. The lowest BCUT2D eigenvalue weighted by molar-refractivity contribution is -0.385. The van der Waals surface area contributed by atoms with Crippen molar-refractivity contribution in [1.82, 2.24) is 0 Å². The molecule has 1 aromatic rings. The van der Waals surface area contributed by atoms with Crippen LogP contribution in [0.25, 0.3) is 0 Å². The molecular formula is C11H12BrNO6. The highest BCUT2D eigenvalue weighted by Gasteiger charge is 2.20. The van der Waals surface area contributed by atoms with Gasteiger partial charge in [-0.3, -0.25) is 14.9 Å². The van der Waals surface area contributed by atoms with Crippen LogP contribution in [0.3, 0.4) is 0 Å². The van der Waals surface area contributed by atoms with E-state index in [-0.39, 0.29) is 18.0 Å². The van der Waals surface area contributed by atoms with E-state index in [0.717, 1.165) is 0 Å². The summed E-state index contributed by atoms with van der Waals surface area (Å²) >= 11 is 3.06. The molecule has 1 aromatic carbocycles. The van der Waals surface area contributed by atoms with Crippen LogP contribution in [0.2, 0.25) is 0 Å². The Morgan fingerprint density at radius 1 is 1.47 bits per heavy atom. The van der Waals surface area contributed by atoms with E-state index in [9.17, 15) is 14.9 Å². The van der Waals surface area contributed by atoms with Crippen molar-refractivity contribution in [3.63, 3.8) is 0 Å². The lowest BCUT2D eigenvalue weighted by atomic mass is 10.3. The number of benzene rings is 1. The summed E-state index contributed by atoms with van der Waals surface area (Å²) in [7, 11) is 2.68. The summed E-state index contributed by atoms with van der Waals surface area (Å²) in [6.07, 6.45) is 0. The number of hydrogen-bond donors (Lipinski definition) is 0. The first-order valence-electron chi connectivity index (χ1n) is 5.16. The van der Waals surface area contributed by atoms with E-state index in [0.29, 0.717) is 5.75 Å². The number of carbonyl (C=O) groups is 1. The average Bonchev–Trinajstić information content (AvgIpc) is 2.43. The number of rotatable bonds is 6. The van der Waals surface area contributed by atoms with Crippen molar-refractivity contribution in [2.75, 3.05) is 20.8 Å². The second-order valence-electron chi connectivity index (χ2n) is 3.39. The predicted molar refractivity (Wildman–Crippen MR) is 69.9 cm³/mol. The highest BCUT2D eigenvalue weighted by molar-refractivity contribution is 9.10. The molecule has 0 aliphatic heterocycles. The zero-order valence-electron chi connectivity index (χ0n) is 10.3. The van der Waals surface area contributed by atoms with E-state index >= 15 is 0 Å². The van der Waals surface area contributed by atoms with Gasteiger partial charge in [0.1, 0.15) is 17.2 Å². The number of nitro groups is 1. The van der Waals surface area contributed by atoms with E-state index in [1.165, 1.54) is 32.4 Å². The summed E-state index contributed by atoms with van der Waals surface area (Å²) < 4.78 is 14.7. The first kappa shape index (κ1) is 15.2. The average molecular weight is 334 g/mol. The van der Waals surface area contributed by atoms with Gasteiger partial charge >= 0.3 is 11.7 Å². The minimum Gasteiger partial charge on any atom is -0.497 e. The Hall–Kier alpha value is -1.83. The van der Waals surface area contributed by atoms with Crippen molar-refractivity contribution in [3.05, 3.63) is 28.3 Å². The zero-order valence-corrected chi connectivity index (χ0v) is 11.9. The molecule has 0 aliphatic carbocycles. The molecule has 0 spiro atoms. The topological polar surface area (TPSA) is 87.9 Å². The number of halogens is 1. The fourth-order valence-electron chi connectivity index (χ4n) is 1.25. The number of esters is 1. The molecule has 0 bridgehead atoms. The van der Waals surface area contributed by atoms with Crippen LogP contribution in [0.1, 0.15) is 0 Å². The SMILES string of the molecule is COC(=O)C(Br)COc1cc(OC)ccc1[N+](=O)[O-]. The molecular weight excluding hydrogens is 322 g/mol. The Bertz CT molecular complexity index is 478. The fraction of sp³-hybridized carbons (Fsp3) is 0.364. The maximum absolute atomic E-state index is 11.2. The minimum atomic E-state index is -0.705. The van der Waals surface area contributed by atoms with Crippen molar-refractivity contribution < 1.29 is 23.9 Å². The molecule has 0 radical (unpaired) electrons. The number of carbonyl (C=O) groups excluding carboxylic acids is 1. The largest absolute Gasteiger partial charge is 0.497 e. The first-order chi connectivity index (χ1) is 8.99. The predicted octanol–water partition coefficient (Wildman–Crippen LogP) is 1.92. The van der Waals surface area contributed by atoms with Gasteiger partial charge < -0.3 is 14.2 Å². The van der Waals surface area contributed by atoms with E-state index in [2.05, 4.69) is 20.7 Å². The van der Waals surface area contributed by atoms with Crippen LogP contribution in [0.4, 0.5) is 5.69 Å². The quantitative estimate of drug-likeness (QED) is 0.342. The third-order valence-corrected chi connectivity index (χ3v) is 2.84. The Labute approximate surface area is 117 Å². The van der Waals surface area contributed by atoms with Gasteiger partial charge in [0.15, 0.2) is 0 Å². The number of ether oxygens (including phenoxy) is 3. The fourth-order valence-corrected chi connectivity index (χ4v) is 1.57. The highest BCUT2D eigenvalue weighted by Crippen LogP contribution is 2.31. The molecule has 0 amide bonds. The van der Waals surface area contributed by atoms with Crippen molar-refractivity contribution in [2.24, 2.45) is 0 Å². The van der Waals surface area contributed by atoms with Crippen molar-refractivity contribution in [1.29, 1.82) is 0 Å². The van der Waals surface area contributed by atoms with Gasteiger partial charge in [-0.2, -0.15) is 0 Å². The number of nitro benzene ring substituents is 1.